The molecule has 1 aliphatic heterocycles. The summed E-state index contributed by atoms with van der Waals surface area (Å²) in [7, 11) is 0. The van der Waals surface area contributed by atoms with Gasteiger partial charge in [0, 0.05) is 24.5 Å². The first-order valence-corrected chi connectivity index (χ1v) is 11.8. The lowest BCUT2D eigenvalue weighted by molar-refractivity contribution is -0.120. The number of hydrogen-bond donors (Lipinski definition) is 2. The van der Waals surface area contributed by atoms with Gasteiger partial charge in [-0.1, -0.05) is 60.7 Å². The van der Waals surface area contributed by atoms with E-state index in [1.54, 1.807) is 12.4 Å². The Morgan fingerprint density at radius 3 is 2.51 bits per heavy atom. The molecule has 3 heterocycles. The van der Waals surface area contributed by atoms with Gasteiger partial charge in [0.15, 0.2) is 0 Å². The van der Waals surface area contributed by atoms with Gasteiger partial charge in [-0.3, -0.25) is 14.6 Å². The second kappa shape index (κ2) is 8.47. The molecule has 35 heavy (non-hydrogen) atoms. The summed E-state index contributed by atoms with van der Waals surface area (Å²) in [5, 5.41) is 5.89. The quantitative estimate of drug-likeness (QED) is 0.470. The first kappa shape index (κ1) is 21.2. The molecule has 1 unspecified atom stereocenters. The predicted octanol–water partition coefficient (Wildman–Crippen LogP) is 4.10. The molecule has 1 aliphatic carbocycles. The maximum atomic E-state index is 12.9. The summed E-state index contributed by atoms with van der Waals surface area (Å²) in [6.45, 7) is 0.521. The highest BCUT2D eigenvalue weighted by molar-refractivity contribution is 6.06. The zero-order valence-electron chi connectivity index (χ0n) is 19.1. The van der Waals surface area contributed by atoms with Crippen molar-refractivity contribution in [2.75, 3.05) is 11.9 Å². The van der Waals surface area contributed by atoms with Crippen LogP contribution in [0.2, 0.25) is 0 Å². The fourth-order valence-electron chi connectivity index (χ4n) is 5.18. The summed E-state index contributed by atoms with van der Waals surface area (Å²) >= 11 is 0. The first-order chi connectivity index (χ1) is 17.1. The van der Waals surface area contributed by atoms with E-state index in [2.05, 4.69) is 57.0 Å². The van der Waals surface area contributed by atoms with E-state index in [-0.39, 0.29) is 11.8 Å². The standard InChI is InChI=1S/C29H24N4O2/c34-27(31-14-12-19-8-10-21(11-9-19)20-5-2-1-3-6-20)25-15-22-16-29(17-23(22)18-32-25)24-7-4-13-30-26(24)33-28(29)35/h1-11,13,15,18H,12,14,16-17H2,(H,31,34)(H,30,33,35). The first-order valence-electron chi connectivity index (χ1n) is 11.8. The van der Waals surface area contributed by atoms with Gasteiger partial charge >= 0.3 is 0 Å². The summed E-state index contributed by atoms with van der Waals surface area (Å²) in [6, 6.07) is 24.3. The third-order valence-corrected chi connectivity index (χ3v) is 7.05. The van der Waals surface area contributed by atoms with Crippen LogP contribution in [0.4, 0.5) is 5.82 Å². The van der Waals surface area contributed by atoms with Crippen LogP contribution in [0.25, 0.3) is 11.1 Å². The van der Waals surface area contributed by atoms with Crippen molar-refractivity contribution < 1.29 is 9.59 Å². The van der Waals surface area contributed by atoms with Gasteiger partial charge in [-0.25, -0.2) is 4.98 Å². The molecule has 0 radical (unpaired) electrons. The van der Waals surface area contributed by atoms with E-state index in [4.69, 9.17) is 0 Å². The van der Waals surface area contributed by atoms with Crippen molar-refractivity contribution in [1.29, 1.82) is 0 Å². The molecule has 0 saturated carbocycles. The van der Waals surface area contributed by atoms with Crippen LogP contribution in [0.1, 0.15) is 32.7 Å². The fourth-order valence-corrected chi connectivity index (χ4v) is 5.18. The average Bonchev–Trinajstić information content (AvgIpc) is 3.42. The Balaban J connectivity index is 1.10. The third kappa shape index (κ3) is 3.77. The minimum Gasteiger partial charge on any atom is -0.350 e. The molecule has 6 heteroatoms. The lowest BCUT2D eigenvalue weighted by atomic mass is 9.79. The van der Waals surface area contributed by atoms with Crippen molar-refractivity contribution >= 4 is 17.6 Å². The molecule has 0 fully saturated rings. The zero-order valence-corrected chi connectivity index (χ0v) is 19.1. The number of benzene rings is 2. The van der Waals surface area contributed by atoms with Crippen LogP contribution in [-0.4, -0.2) is 28.3 Å². The SMILES string of the molecule is O=C(NCCc1ccc(-c2ccccc2)cc1)c1cc2c(cn1)CC1(C2)C(=O)Nc2ncccc21. The van der Waals surface area contributed by atoms with Gasteiger partial charge in [-0.2, -0.15) is 0 Å². The van der Waals surface area contributed by atoms with Crippen molar-refractivity contribution in [3.8, 4) is 11.1 Å². The number of carbonyl (C=O) groups excluding carboxylic acids is 2. The number of nitrogens with one attached hydrogen (secondary N) is 2. The number of rotatable bonds is 5. The minimum absolute atomic E-state index is 0.0355. The molecule has 2 N–H and O–H groups in total. The molecular formula is C29H24N4O2. The second-order valence-corrected chi connectivity index (χ2v) is 9.20. The van der Waals surface area contributed by atoms with E-state index >= 15 is 0 Å². The van der Waals surface area contributed by atoms with Crippen molar-refractivity contribution in [3.05, 3.63) is 113 Å². The van der Waals surface area contributed by atoms with Crippen LogP contribution < -0.4 is 10.6 Å². The Labute approximate surface area is 203 Å². The number of nitrogens with zero attached hydrogens (tertiary/aromatic N) is 2. The fraction of sp³-hybridized carbons (Fsp3) is 0.172. The normalized spacial score (nSPS) is 17.7. The minimum atomic E-state index is -0.658. The van der Waals surface area contributed by atoms with Crippen molar-refractivity contribution in [3.63, 3.8) is 0 Å². The van der Waals surface area contributed by atoms with E-state index in [1.807, 2.05) is 36.4 Å². The van der Waals surface area contributed by atoms with Gasteiger partial charge < -0.3 is 10.6 Å². The number of fused-ring (bicyclic) bond motifs is 3. The van der Waals surface area contributed by atoms with Crippen LogP contribution in [0.3, 0.4) is 0 Å². The van der Waals surface area contributed by atoms with Crippen LogP contribution in [0.5, 0.6) is 0 Å². The Kier molecular flexibility index (Phi) is 5.14. The van der Waals surface area contributed by atoms with Gasteiger partial charge in [0.05, 0.1) is 5.41 Å². The summed E-state index contributed by atoms with van der Waals surface area (Å²) in [4.78, 5) is 34.4. The summed E-state index contributed by atoms with van der Waals surface area (Å²) < 4.78 is 0. The second-order valence-electron chi connectivity index (χ2n) is 9.20. The molecule has 0 saturated heterocycles. The van der Waals surface area contributed by atoms with Crippen LogP contribution in [-0.2, 0) is 29.5 Å². The Morgan fingerprint density at radius 1 is 0.914 bits per heavy atom. The number of carbonyl (C=O) groups is 2. The molecule has 4 aromatic rings. The molecule has 1 atom stereocenters. The van der Waals surface area contributed by atoms with Crippen molar-refractivity contribution in [2.24, 2.45) is 0 Å². The molecule has 6 nitrogen and oxygen atoms in total. The highest BCUT2D eigenvalue weighted by Gasteiger charge is 2.51. The van der Waals surface area contributed by atoms with Crippen molar-refractivity contribution in [2.45, 2.75) is 24.7 Å². The molecule has 172 valence electrons. The molecule has 2 aliphatic rings. The predicted molar refractivity (Wildman–Crippen MR) is 134 cm³/mol. The van der Waals surface area contributed by atoms with Crippen LogP contribution >= 0.6 is 0 Å². The largest absolute Gasteiger partial charge is 0.350 e. The Bertz CT molecular complexity index is 1430. The van der Waals surface area contributed by atoms with Gasteiger partial charge in [0.1, 0.15) is 11.5 Å². The number of anilines is 1. The molecule has 2 aromatic heterocycles. The van der Waals surface area contributed by atoms with E-state index in [9.17, 15) is 9.59 Å². The number of aromatic nitrogens is 2. The molecule has 1 spiro atoms. The average molecular weight is 461 g/mol. The summed E-state index contributed by atoms with van der Waals surface area (Å²) in [6.07, 6.45) is 5.27. The maximum absolute atomic E-state index is 12.9. The van der Waals surface area contributed by atoms with E-state index in [1.165, 1.54) is 11.1 Å². The smallest absolute Gasteiger partial charge is 0.269 e. The van der Waals surface area contributed by atoms with Gasteiger partial charge in [0.25, 0.3) is 5.91 Å². The number of pyridine rings is 2. The van der Waals surface area contributed by atoms with Crippen molar-refractivity contribution in [1.82, 2.24) is 15.3 Å². The number of amides is 2. The zero-order chi connectivity index (χ0) is 23.8. The highest BCUT2D eigenvalue weighted by atomic mass is 16.2. The highest BCUT2D eigenvalue weighted by Crippen LogP contribution is 2.46. The van der Waals surface area contributed by atoms with Gasteiger partial charge in [-0.05, 0) is 59.2 Å². The van der Waals surface area contributed by atoms with Gasteiger partial charge in [-0.15, -0.1) is 0 Å². The monoisotopic (exact) mass is 460 g/mol. The topological polar surface area (TPSA) is 84.0 Å². The van der Waals surface area contributed by atoms with E-state index in [0.29, 0.717) is 30.9 Å². The lowest BCUT2D eigenvalue weighted by Crippen LogP contribution is -2.35. The molecule has 2 amide bonds. The lowest BCUT2D eigenvalue weighted by Gasteiger charge is -2.20. The Morgan fingerprint density at radius 2 is 1.69 bits per heavy atom. The molecule has 6 rings (SSSR count). The maximum Gasteiger partial charge on any atom is 0.269 e. The summed E-state index contributed by atoms with van der Waals surface area (Å²) in [5.41, 5.74) is 6.16. The van der Waals surface area contributed by atoms with E-state index < -0.39 is 5.41 Å². The molecular weight excluding hydrogens is 436 g/mol. The van der Waals surface area contributed by atoms with Crippen LogP contribution in [0.15, 0.2) is 85.2 Å². The van der Waals surface area contributed by atoms with E-state index in [0.717, 1.165) is 28.7 Å². The molecule has 0 bridgehead atoms. The Hall–Kier alpha value is -4.32. The third-order valence-electron chi connectivity index (χ3n) is 7.05. The summed E-state index contributed by atoms with van der Waals surface area (Å²) in [5.74, 6) is 0.396. The van der Waals surface area contributed by atoms with Crippen LogP contribution in [0, 0.1) is 0 Å². The van der Waals surface area contributed by atoms with Gasteiger partial charge in [0.2, 0.25) is 5.91 Å². The molecule has 2 aromatic carbocycles. The number of hydrogen-bond acceptors (Lipinski definition) is 4.